The summed E-state index contributed by atoms with van der Waals surface area (Å²) < 4.78 is 0. The van der Waals surface area contributed by atoms with Crippen LogP contribution < -0.4 is 5.32 Å². The van der Waals surface area contributed by atoms with Crippen LogP contribution in [0.25, 0.3) is 0 Å². The zero-order valence-electron chi connectivity index (χ0n) is 13.5. The second-order valence-corrected chi connectivity index (χ2v) is 7.49. The minimum atomic E-state index is 0.535. The minimum absolute atomic E-state index is 0.535. The summed E-state index contributed by atoms with van der Waals surface area (Å²) in [6, 6.07) is 9.41. The van der Waals surface area contributed by atoms with Crippen molar-refractivity contribution in [3.05, 3.63) is 51.5 Å². The summed E-state index contributed by atoms with van der Waals surface area (Å²) in [5.74, 6) is 0.619. The quantitative estimate of drug-likeness (QED) is 0.830. The van der Waals surface area contributed by atoms with Crippen LogP contribution in [0.15, 0.2) is 30.5 Å². The predicted octanol–water partition coefficient (Wildman–Crippen LogP) is 4.16. The molecule has 1 unspecified atom stereocenters. The molecule has 1 aromatic heterocycles. The molecule has 2 nitrogen and oxygen atoms in total. The van der Waals surface area contributed by atoms with Gasteiger partial charge in [0.15, 0.2) is 0 Å². The lowest BCUT2D eigenvalue weighted by molar-refractivity contribution is 0.446. The zero-order valence-corrected chi connectivity index (χ0v) is 14.3. The number of benzene rings is 1. The van der Waals surface area contributed by atoms with E-state index in [0.717, 1.165) is 24.4 Å². The molecule has 2 rings (SSSR count). The SMILES string of the molecule is Cc1cccc(CC(CNC(C)C)Cc2cnc(C)s2)c1. The molecule has 0 saturated carbocycles. The number of aryl methyl sites for hydroxylation is 2. The van der Waals surface area contributed by atoms with Gasteiger partial charge in [-0.15, -0.1) is 11.3 Å². The Balaban J connectivity index is 2.04. The summed E-state index contributed by atoms with van der Waals surface area (Å²) in [4.78, 5) is 5.78. The van der Waals surface area contributed by atoms with Gasteiger partial charge in [-0.3, -0.25) is 0 Å². The van der Waals surface area contributed by atoms with Crippen molar-refractivity contribution in [2.75, 3.05) is 6.54 Å². The molecule has 0 aliphatic carbocycles. The van der Waals surface area contributed by atoms with Gasteiger partial charge in [0.2, 0.25) is 0 Å². The molecular weight excluding hydrogens is 276 g/mol. The summed E-state index contributed by atoms with van der Waals surface area (Å²) in [5.41, 5.74) is 2.78. The first-order chi connectivity index (χ1) is 10.0. The molecule has 3 heteroatoms. The lowest BCUT2D eigenvalue weighted by atomic mass is 9.94. The molecule has 21 heavy (non-hydrogen) atoms. The van der Waals surface area contributed by atoms with Crippen LogP contribution in [0.3, 0.4) is 0 Å². The normalized spacial score (nSPS) is 12.8. The van der Waals surface area contributed by atoms with E-state index in [0.29, 0.717) is 12.0 Å². The van der Waals surface area contributed by atoms with E-state index in [9.17, 15) is 0 Å². The van der Waals surface area contributed by atoms with Crippen molar-refractivity contribution in [3.63, 3.8) is 0 Å². The van der Waals surface area contributed by atoms with Crippen molar-refractivity contribution in [3.8, 4) is 0 Å². The summed E-state index contributed by atoms with van der Waals surface area (Å²) in [7, 11) is 0. The molecule has 114 valence electrons. The van der Waals surface area contributed by atoms with Crippen molar-refractivity contribution >= 4 is 11.3 Å². The van der Waals surface area contributed by atoms with Crippen molar-refractivity contribution in [1.29, 1.82) is 0 Å². The largest absolute Gasteiger partial charge is 0.314 e. The molecule has 2 aromatic rings. The van der Waals surface area contributed by atoms with Gasteiger partial charge in [0.1, 0.15) is 0 Å². The lowest BCUT2D eigenvalue weighted by Gasteiger charge is -2.19. The van der Waals surface area contributed by atoms with Crippen LogP contribution in [0.2, 0.25) is 0 Å². The van der Waals surface area contributed by atoms with Crippen molar-refractivity contribution in [2.24, 2.45) is 5.92 Å². The third-order valence-electron chi connectivity index (χ3n) is 3.58. The average Bonchev–Trinajstić information content (AvgIpc) is 2.81. The Labute approximate surface area is 132 Å². The number of thiazole rings is 1. The molecule has 0 amide bonds. The maximum atomic E-state index is 4.38. The van der Waals surface area contributed by atoms with Gasteiger partial charge >= 0.3 is 0 Å². The zero-order chi connectivity index (χ0) is 15.2. The van der Waals surface area contributed by atoms with Crippen LogP contribution in [-0.4, -0.2) is 17.6 Å². The summed E-state index contributed by atoms with van der Waals surface area (Å²) >= 11 is 1.83. The summed E-state index contributed by atoms with van der Waals surface area (Å²) in [6.07, 6.45) is 4.27. The highest BCUT2D eigenvalue weighted by Gasteiger charge is 2.13. The van der Waals surface area contributed by atoms with Crippen LogP contribution in [0.4, 0.5) is 0 Å². The molecule has 1 N–H and O–H groups in total. The standard InChI is InChI=1S/C18H26N2S/c1-13(2)19-11-17(10-18-12-20-15(4)21-18)9-16-7-5-6-14(3)8-16/h5-8,12-13,17,19H,9-11H2,1-4H3. The van der Waals surface area contributed by atoms with Crippen molar-refractivity contribution in [1.82, 2.24) is 10.3 Å². The Bertz CT molecular complexity index is 560. The van der Waals surface area contributed by atoms with E-state index in [2.05, 4.69) is 62.3 Å². The van der Waals surface area contributed by atoms with E-state index < -0.39 is 0 Å². The molecule has 1 aromatic carbocycles. The maximum Gasteiger partial charge on any atom is 0.0896 e. The molecular formula is C18H26N2S. The number of nitrogens with zero attached hydrogens (tertiary/aromatic N) is 1. The fraction of sp³-hybridized carbons (Fsp3) is 0.500. The third kappa shape index (κ3) is 5.60. The monoisotopic (exact) mass is 302 g/mol. The Hall–Kier alpha value is -1.19. The molecule has 0 fully saturated rings. The molecule has 1 atom stereocenters. The number of hydrogen-bond acceptors (Lipinski definition) is 3. The van der Waals surface area contributed by atoms with Crippen LogP contribution >= 0.6 is 11.3 Å². The molecule has 0 radical (unpaired) electrons. The van der Waals surface area contributed by atoms with Gasteiger partial charge < -0.3 is 5.32 Å². The average molecular weight is 302 g/mol. The van der Waals surface area contributed by atoms with Crippen molar-refractivity contribution in [2.45, 2.75) is 46.6 Å². The van der Waals surface area contributed by atoms with Crippen LogP contribution in [-0.2, 0) is 12.8 Å². The summed E-state index contributed by atoms with van der Waals surface area (Å²) in [6.45, 7) is 9.72. The predicted molar refractivity (Wildman–Crippen MR) is 92.1 cm³/mol. The molecule has 0 aliphatic rings. The molecule has 0 bridgehead atoms. The number of nitrogens with one attached hydrogen (secondary N) is 1. The second-order valence-electron chi connectivity index (χ2n) is 6.17. The first-order valence-corrected chi connectivity index (χ1v) is 8.55. The molecule has 0 aliphatic heterocycles. The Morgan fingerprint density at radius 1 is 1.19 bits per heavy atom. The smallest absolute Gasteiger partial charge is 0.0896 e. The van der Waals surface area contributed by atoms with E-state index >= 15 is 0 Å². The van der Waals surface area contributed by atoms with Gasteiger partial charge in [0.25, 0.3) is 0 Å². The van der Waals surface area contributed by atoms with Gasteiger partial charge in [-0.05, 0) is 44.7 Å². The van der Waals surface area contributed by atoms with Gasteiger partial charge in [-0.1, -0.05) is 43.7 Å². The molecule has 1 heterocycles. The van der Waals surface area contributed by atoms with Gasteiger partial charge in [-0.25, -0.2) is 4.98 Å². The van der Waals surface area contributed by atoms with E-state index in [-0.39, 0.29) is 0 Å². The topological polar surface area (TPSA) is 24.9 Å². The second kappa shape index (κ2) is 7.71. The van der Waals surface area contributed by atoms with Crippen LogP contribution in [0.5, 0.6) is 0 Å². The fourth-order valence-corrected chi connectivity index (χ4v) is 3.48. The minimum Gasteiger partial charge on any atom is -0.314 e. The molecule has 0 spiro atoms. The van der Waals surface area contributed by atoms with Crippen molar-refractivity contribution < 1.29 is 0 Å². The van der Waals surface area contributed by atoms with Gasteiger partial charge in [-0.2, -0.15) is 0 Å². The Morgan fingerprint density at radius 2 is 2.00 bits per heavy atom. The Kier molecular flexibility index (Phi) is 5.95. The highest BCUT2D eigenvalue weighted by atomic mass is 32.1. The maximum absolute atomic E-state index is 4.38. The lowest BCUT2D eigenvalue weighted by Crippen LogP contribution is -2.30. The van der Waals surface area contributed by atoms with E-state index in [1.165, 1.54) is 16.0 Å². The first kappa shape index (κ1) is 16.2. The third-order valence-corrected chi connectivity index (χ3v) is 4.52. The Morgan fingerprint density at radius 3 is 2.62 bits per heavy atom. The molecule has 0 saturated heterocycles. The highest BCUT2D eigenvalue weighted by molar-refractivity contribution is 7.11. The van der Waals surface area contributed by atoms with Gasteiger partial charge in [0, 0.05) is 17.1 Å². The number of aromatic nitrogens is 1. The van der Waals surface area contributed by atoms with E-state index in [1.54, 1.807) is 0 Å². The number of hydrogen-bond donors (Lipinski definition) is 1. The van der Waals surface area contributed by atoms with Gasteiger partial charge in [0.05, 0.1) is 5.01 Å². The van der Waals surface area contributed by atoms with E-state index in [1.807, 2.05) is 17.5 Å². The number of rotatable bonds is 7. The first-order valence-electron chi connectivity index (χ1n) is 7.73. The van der Waals surface area contributed by atoms with E-state index in [4.69, 9.17) is 0 Å². The fourth-order valence-electron chi connectivity index (χ4n) is 2.58. The highest BCUT2D eigenvalue weighted by Crippen LogP contribution is 2.19. The summed E-state index contributed by atoms with van der Waals surface area (Å²) in [5, 5.41) is 4.75. The van der Waals surface area contributed by atoms with Crippen LogP contribution in [0.1, 0.15) is 34.9 Å². The van der Waals surface area contributed by atoms with Crippen LogP contribution in [0, 0.1) is 19.8 Å².